The van der Waals surface area contributed by atoms with E-state index in [-0.39, 0.29) is 10.3 Å². The molecule has 124 valence electrons. The quantitative estimate of drug-likeness (QED) is 0.528. The Kier molecular flexibility index (Phi) is 3.92. The lowest BCUT2D eigenvalue weighted by molar-refractivity contribution is 1.11. The molecule has 0 aliphatic carbocycles. The Hall–Kier alpha value is -3.56. The molecule has 2 aromatic carbocycles. The van der Waals surface area contributed by atoms with Gasteiger partial charge in [0, 0.05) is 11.1 Å². The van der Waals surface area contributed by atoms with Gasteiger partial charge in [0.25, 0.3) is 5.56 Å². The molecule has 0 radical (unpaired) electrons. The van der Waals surface area contributed by atoms with Crippen molar-refractivity contribution in [2.75, 3.05) is 0 Å². The first kappa shape index (κ1) is 15.9. The summed E-state index contributed by atoms with van der Waals surface area (Å²) in [5.74, 6) is 0. The second-order valence-corrected chi connectivity index (χ2v) is 6.09. The van der Waals surface area contributed by atoms with Crippen molar-refractivity contribution < 1.29 is 0 Å². The van der Waals surface area contributed by atoms with E-state index in [1.807, 2.05) is 60.7 Å². The summed E-state index contributed by atoms with van der Waals surface area (Å²) in [5.41, 5.74) is 2.96. The van der Waals surface area contributed by atoms with E-state index in [4.69, 9.17) is 12.2 Å². The van der Waals surface area contributed by atoms with Crippen LogP contribution in [-0.2, 0) is 0 Å². The number of aromatic nitrogens is 3. The summed E-state index contributed by atoms with van der Waals surface area (Å²) in [6.45, 7) is 0. The molecule has 0 bridgehead atoms. The maximum absolute atomic E-state index is 12.6. The van der Waals surface area contributed by atoms with Crippen molar-refractivity contribution in [1.82, 2.24) is 15.0 Å². The first-order chi connectivity index (χ1) is 12.7. The van der Waals surface area contributed by atoms with Gasteiger partial charge in [0.2, 0.25) is 0 Å². The number of nitrogens with zero attached hydrogens (tertiary/aromatic N) is 2. The van der Waals surface area contributed by atoms with E-state index in [2.05, 4.69) is 21.0 Å². The number of nitrogens with one attached hydrogen (secondary N) is 2. The third kappa shape index (κ3) is 2.61. The summed E-state index contributed by atoms with van der Waals surface area (Å²) in [6.07, 6.45) is 0. The molecule has 0 saturated heterocycles. The highest BCUT2D eigenvalue weighted by molar-refractivity contribution is 7.71. The van der Waals surface area contributed by atoms with Gasteiger partial charge in [-0.15, -0.1) is 0 Å². The summed E-state index contributed by atoms with van der Waals surface area (Å²) in [6, 6.07) is 21.0. The highest BCUT2D eigenvalue weighted by Crippen LogP contribution is 2.34. The Labute approximate surface area is 153 Å². The lowest BCUT2D eigenvalue weighted by atomic mass is 9.94. The van der Waals surface area contributed by atoms with Gasteiger partial charge < -0.3 is 4.98 Å². The molecule has 2 aromatic heterocycles. The molecule has 4 rings (SSSR count). The fourth-order valence-corrected chi connectivity index (χ4v) is 3.20. The van der Waals surface area contributed by atoms with E-state index >= 15 is 0 Å². The molecule has 0 aliphatic rings. The van der Waals surface area contributed by atoms with Crippen LogP contribution in [0.2, 0.25) is 0 Å². The number of fused-ring (bicyclic) bond motifs is 1. The molecule has 4 aromatic rings. The molecule has 0 fully saturated rings. The third-order valence-electron chi connectivity index (χ3n) is 4.10. The van der Waals surface area contributed by atoms with Crippen LogP contribution in [0.4, 0.5) is 0 Å². The van der Waals surface area contributed by atoms with Crippen molar-refractivity contribution in [2.45, 2.75) is 0 Å². The maximum Gasteiger partial charge on any atom is 0.261 e. The van der Waals surface area contributed by atoms with E-state index in [1.54, 1.807) is 0 Å². The standard InChI is InChI=1S/C20H12N4OS/c21-11-14-15(12-7-3-1-4-8-12)16-18(23-20(26)24-19(16)25)22-17(14)13-9-5-2-6-10-13/h1-10H,(H2,22,23,24,25,26). The van der Waals surface area contributed by atoms with E-state index in [0.717, 1.165) is 11.1 Å². The topological polar surface area (TPSA) is 85.3 Å². The van der Waals surface area contributed by atoms with Crippen molar-refractivity contribution in [3.63, 3.8) is 0 Å². The zero-order valence-electron chi connectivity index (χ0n) is 13.5. The zero-order valence-corrected chi connectivity index (χ0v) is 14.3. The fraction of sp³-hybridized carbons (Fsp3) is 0. The van der Waals surface area contributed by atoms with Crippen molar-refractivity contribution in [3.8, 4) is 28.5 Å². The van der Waals surface area contributed by atoms with Crippen LogP contribution in [-0.4, -0.2) is 15.0 Å². The van der Waals surface area contributed by atoms with Gasteiger partial charge in [0.15, 0.2) is 4.77 Å². The summed E-state index contributed by atoms with van der Waals surface area (Å²) in [5, 5.41) is 10.2. The number of aromatic amines is 2. The largest absolute Gasteiger partial charge is 0.316 e. The fourth-order valence-electron chi connectivity index (χ4n) is 3.01. The Balaban J connectivity index is 2.24. The van der Waals surface area contributed by atoms with E-state index in [9.17, 15) is 10.1 Å². The molecule has 6 heteroatoms. The van der Waals surface area contributed by atoms with Crippen LogP contribution in [0.25, 0.3) is 33.4 Å². The van der Waals surface area contributed by atoms with E-state index in [1.165, 1.54) is 0 Å². The van der Waals surface area contributed by atoms with Gasteiger partial charge in [-0.2, -0.15) is 5.26 Å². The summed E-state index contributed by atoms with van der Waals surface area (Å²) in [4.78, 5) is 22.7. The van der Waals surface area contributed by atoms with Crippen molar-refractivity contribution in [2.24, 2.45) is 0 Å². The monoisotopic (exact) mass is 356 g/mol. The van der Waals surface area contributed by atoms with Crippen molar-refractivity contribution >= 4 is 23.3 Å². The maximum atomic E-state index is 12.6. The lowest BCUT2D eigenvalue weighted by Gasteiger charge is -2.12. The molecule has 0 spiro atoms. The van der Waals surface area contributed by atoms with Gasteiger partial charge in [0.1, 0.15) is 11.7 Å². The van der Waals surface area contributed by atoms with Crippen molar-refractivity contribution in [1.29, 1.82) is 5.26 Å². The summed E-state index contributed by atoms with van der Waals surface area (Å²) < 4.78 is 0.192. The average molecular weight is 356 g/mol. The molecule has 0 unspecified atom stereocenters. The van der Waals surface area contributed by atoms with Gasteiger partial charge in [-0.3, -0.25) is 9.78 Å². The Morgan fingerprint density at radius 2 is 1.54 bits per heavy atom. The predicted molar refractivity (Wildman–Crippen MR) is 103 cm³/mol. The number of benzene rings is 2. The molecule has 0 saturated carbocycles. The second-order valence-electron chi connectivity index (χ2n) is 5.69. The third-order valence-corrected chi connectivity index (χ3v) is 4.31. The second kappa shape index (κ2) is 6.39. The first-order valence-corrected chi connectivity index (χ1v) is 8.31. The van der Waals surface area contributed by atoms with E-state index in [0.29, 0.717) is 27.9 Å². The van der Waals surface area contributed by atoms with Crippen LogP contribution in [0, 0.1) is 16.1 Å². The van der Waals surface area contributed by atoms with Crippen LogP contribution in [0.5, 0.6) is 0 Å². The number of hydrogen-bond acceptors (Lipinski definition) is 4. The number of H-pyrrole nitrogens is 2. The van der Waals surface area contributed by atoms with E-state index < -0.39 is 0 Å². The Morgan fingerprint density at radius 1 is 0.923 bits per heavy atom. The molecule has 2 N–H and O–H groups in total. The lowest BCUT2D eigenvalue weighted by Crippen LogP contribution is -2.12. The minimum Gasteiger partial charge on any atom is -0.316 e. The minimum atomic E-state index is -0.369. The van der Waals surface area contributed by atoms with Gasteiger partial charge >= 0.3 is 0 Å². The predicted octanol–water partition coefficient (Wildman–Crippen LogP) is 4.19. The number of nitriles is 1. The Bertz CT molecular complexity index is 1270. The van der Waals surface area contributed by atoms with Gasteiger partial charge in [-0.1, -0.05) is 60.7 Å². The van der Waals surface area contributed by atoms with Crippen molar-refractivity contribution in [3.05, 3.63) is 81.4 Å². The molecule has 0 aliphatic heterocycles. The zero-order chi connectivity index (χ0) is 18.1. The van der Waals surface area contributed by atoms with Gasteiger partial charge in [0.05, 0.1) is 16.6 Å². The highest BCUT2D eigenvalue weighted by Gasteiger charge is 2.20. The van der Waals surface area contributed by atoms with Gasteiger partial charge in [-0.05, 0) is 17.8 Å². The SMILES string of the molecule is N#Cc1c(-c2ccccc2)nc2[nH]c(=S)[nH]c(=O)c2c1-c1ccccc1. The number of hydrogen-bond donors (Lipinski definition) is 2. The summed E-state index contributed by atoms with van der Waals surface area (Å²) in [7, 11) is 0. The number of pyridine rings is 1. The molecule has 26 heavy (non-hydrogen) atoms. The van der Waals surface area contributed by atoms with Crippen LogP contribution in [0.3, 0.4) is 0 Å². The van der Waals surface area contributed by atoms with Gasteiger partial charge in [-0.25, -0.2) is 4.98 Å². The Morgan fingerprint density at radius 3 is 2.15 bits per heavy atom. The normalized spacial score (nSPS) is 10.6. The molecular formula is C20H12N4OS. The van der Waals surface area contributed by atoms with Crippen LogP contribution >= 0.6 is 12.2 Å². The molecule has 0 amide bonds. The average Bonchev–Trinajstić information content (AvgIpc) is 2.67. The smallest absolute Gasteiger partial charge is 0.261 e. The minimum absolute atomic E-state index is 0.192. The molecule has 2 heterocycles. The van der Waals surface area contributed by atoms with Crippen LogP contribution in [0.1, 0.15) is 5.56 Å². The molecular weight excluding hydrogens is 344 g/mol. The first-order valence-electron chi connectivity index (χ1n) is 7.90. The van der Waals surface area contributed by atoms with Crippen LogP contribution in [0.15, 0.2) is 65.5 Å². The highest BCUT2D eigenvalue weighted by atomic mass is 32.1. The number of rotatable bonds is 2. The summed E-state index contributed by atoms with van der Waals surface area (Å²) >= 11 is 5.09. The molecule has 5 nitrogen and oxygen atoms in total. The van der Waals surface area contributed by atoms with Crippen LogP contribution < -0.4 is 5.56 Å². The molecule has 0 atom stereocenters.